The van der Waals surface area contributed by atoms with Crippen LogP contribution in [0.3, 0.4) is 0 Å². The maximum absolute atomic E-state index is 11.6. The maximum Gasteiger partial charge on any atom is 0.251 e. The number of hydrogen-bond acceptors (Lipinski definition) is 4. The molecule has 2 aromatic carbocycles. The number of amides is 1. The molecule has 0 atom stereocenters. The van der Waals surface area contributed by atoms with Crippen molar-refractivity contribution in [3.8, 4) is 0 Å². The predicted octanol–water partition coefficient (Wildman–Crippen LogP) is 2.37. The van der Waals surface area contributed by atoms with Gasteiger partial charge in [0.05, 0.1) is 11.4 Å². The summed E-state index contributed by atoms with van der Waals surface area (Å²) in [6.07, 6.45) is 1.95. The number of hydrogen-bond donors (Lipinski definition) is 3. The van der Waals surface area contributed by atoms with E-state index in [0.717, 1.165) is 24.1 Å². The van der Waals surface area contributed by atoms with Crippen LogP contribution in [-0.2, 0) is 22.8 Å². The van der Waals surface area contributed by atoms with Crippen molar-refractivity contribution in [1.82, 2.24) is 16.0 Å². The van der Waals surface area contributed by atoms with Crippen LogP contribution in [0.5, 0.6) is 0 Å². The molecule has 0 saturated heterocycles. The van der Waals surface area contributed by atoms with Crippen molar-refractivity contribution >= 4 is 45.7 Å². The van der Waals surface area contributed by atoms with Gasteiger partial charge in [-0.15, -0.1) is 24.0 Å². The minimum absolute atomic E-state index is 0. The summed E-state index contributed by atoms with van der Waals surface area (Å²) >= 11 is 0. The van der Waals surface area contributed by atoms with E-state index in [1.807, 2.05) is 31.2 Å². The molecular weight excluding hydrogens is 515 g/mol. The molecule has 1 amide bonds. The van der Waals surface area contributed by atoms with Gasteiger partial charge in [-0.05, 0) is 48.7 Å². The Labute approximate surface area is 195 Å². The largest absolute Gasteiger partial charge is 0.357 e. The molecular formula is C21H29IN4O3S. The summed E-state index contributed by atoms with van der Waals surface area (Å²) in [5.74, 6) is 0.593. The highest BCUT2D eigenvalue weighted by atomic mass is 127. The molecule has 9 heteroatoms. The number of carbonyl (C=O) groups excluding carboxylic acids is 1. The SMILES string of the molecule is CCNC(=NCc1ccc(C(=O)NC)cc1)NCCc1ccc(S(C)(=O)=O)cc1.I. The van der Waals surface area contributed by atoms with E-state index in [-0.39, 0.29) is 29.9 Å². The molecule has 0 spiro atoms. The van der Waals surface area contributed by atoms with Gasteiger partial charge in [-0.1, -0.05) is 24.3 Å². The molecule has 2 rings (SSSR count). The van der Waals surface area contributed by atoms with E-state index in [1.165, 1.54) is 6.26 Å². The minimum atomic E-state index is -3.17. The molecule has 164 valence electrons. The summed E-state index contributed by atoms with van der Waals surface area (Å²) in [5, 5.41) is 9.08. The summed E-state index contributed by atoms with van der Waals surface area (Å²) in [6, 6.07) is 14.3. The third kappa shape index (κ3) is 8.31. The lowest BCUT2D eigenvalue weighted by Crippen LogP contribution is -2.38. The first kappa shape index (κ1) is 25.9. The van der Waals surface area contributed by atoms with Crippen LogP contribution >= 0.6 is 24.0 Å². The van der Waals surface area contributed by atoms with Crippen molar-refractivity contribution < 1.29 is 13.2 Å². The van der Waals surface area contributed by atoms with Crippen LogP contribution in [0.4, 0.5) is 0 Å². The van der Waals surface area contributed by atoms with E-state index in [4.69, 9.17) is 0 Å². The molecule has 0 unspecified atom stereocenters. The van der Waals surface area contributed by atoms with Crippen molar-refractivity contribution in [2.45, 2.75) is 24.8 Å². The second-order valence-electron chi connectivity index (χ2n) is 6.56. The molecule has 0 aromatic heterocycles. The topological polar surface area (TPSA) is 99.7 Å². The van der Waals surface area contributed by atoms with Crippen molar-refractivity contribution in [1.29, 1.82) is 0 Å². The van der Waals surface area contributed by atoms with Gasteiger partial charge in [-0.25, -0.2) is 13.4 Å². The van der Waals surface area contributed by atoms with Gasteiger partial charge >= 0.3 is 0 Å². The van der Waals surface area contributed by atoms with Gasteiger partial charge in [0.2, 0.25) is 0 Å². The Balaban J connectivity index is 0.00000450. The lowest BCUT2D eigenvalue weighted by Gasteiger charge is -2.11. The molecule has 2 aromatic rings. The Morgan fingerprint density at radius 3 is 2.10 bits per heavy atom. The van der Waals surface area contributed by atoms with Crippen LogP contribution in [0.15, 0.2) is 58.4 Å². The lowest BCUT2D eigenvalue weighted by atomic mass is 10.1. The van der Waals surface area contributed by atoms with E-state index in [2.05, 4.69) is 20.9 Å². The normalized spacial score (nSPS) is 11.4. The van der Waals surface area contributed by atoms with Crippen molar-refractivity contribution in [2.75, 3.05) is 26.4 Å². The lowest BCUT2D eigenvalue weighted by molar-refractivity contribution is 0.0963. The second-order valence-corrected chi connectivity index (χ2v) is 8.58. The maximum atomic E-state index is 11.6. The second kappa shape index (κ2) is 12.5. The Kier molecular flexibility index (Phi) is 10.8. The first-order valence-electron chi connectivity index (χ1n) is 9.45. The van der Waals surface area contributed by atoms with Crippen molar-refractivity contribution in [3.05, 3.63) is 65.2 Å². The van der Waals surface area contributed by atoms with Gasteiger partial charge in [0.25, 0.3) is 5.91 Å². The van der Waals surface area contributed by atoms with Crippen LogP contribution in [0.1, 0.15) is 28.4 Å². The number of aliphatic imine (C=N–C) groups is 1. The number of guanidine groups is 1. The fourth-order valence-electron chi connectivity index (χ4n) is 2.65. The first-order valence-corrected chi connectivity index (χ1v) is 11.3. The van der Waals surface area contributed by atoms with Gasteiger partial charge in [-0.2, -0.15) is 0 Å². The van der Waals surface area contributed by atoms with Gasteiger partial charge in [0.1, 0.15) is 0 Å². The molecule has 30 heavy (non-hydrogen) atoms. The van der Waals surface area contributed by atoms with Crippen LogP contribution in [0.2, 0.25) is 0 Å². The number of carbonyl (C=O) groups is 1. The van der Waals surface area contributed by atoms with E-state index in [9.17, 15) is 13.2 Å². The Hall–Kier alpha value is -2.14. The van der Waals surface area contributed by atoms with Crippen LogP contribution < -0.4 is 16.0 Å². The molecule has 7 nitrogen and oxygen atoms in total. The smallest absolute Gasteiger partial charge is 0.251 e. The summed E-state index contributed by atoms with van der Waals surface area (Å²) in [4.78, 5) is 16.5. The summed E-state index contributed by atoms with van der Waals surface area (Å²) in [6.45, 7) is 3.90. The fourth-order valence-corrected chi connectivity index (χ4v) is 3.28. The van der Waals surface area contributed by atoms with E-state index >= 15 is 0 Å². The van der Waals surface area contributed by atoms with Gasteiger partial charge in [-0.3, -0.25) is 4.79 Å². The predicted molar refractivity (Wildman–Crippen MR) is 131 cm³/mol. The number of nitrogens with one attached hydrogen (secondary N) is 3. The monoisotopic (exact) mass is 544 g/mol. The molecule has 0 saturated carbocycles. The average Bonchev–Trinajstić information content (AvgIpc) is 2.71. The number of rotatable bonds is 8. The quantitative estimate of drug-likeness (QED) is 0.269. The summed E-state index contributed by atoms with van der Waals surface area (Å²) in [5.41, 5.74) is 2.67. The summed E-state index contributed by atoms with van der Waals surface area (Å²) in [7, 11) is -1.56. The zero-order chi connectivity index (χ0) is 21.3. The van der Waals surface area contributed by atoms with Gasteiger partial charge < -0.3 is 16.0 Å². The van der Waals surface area contributed by atoms with E-state index in [1.54, 1.807) is 31.3 Å². The van der Waals surface area contributed by atoms with Crippen molar-refractivity contribution in [2.24, 2.45) is 4.99 Å². The number of halogens is 1. The first-order chi connectivity index (χ1) is 13.8. The highest BCUT2D eigenvalue weighted by Crippen LogP contribution is 2.10. The number of nitrogens with zero attached hydrogens (tertiary/aromatic N) is 1. The molecule has 0 radical (unpaired) electrons. The number of benzene rings is 2. The third-order valence-corrected chi connectivity index (χ3v) is 5.39. The molecule has 0 aliphatic carbocycles. The average molecular weight is 544 g/mol. The summed E-state index contributed by atoms with van der Waals surface area (Å²) < 4.78 is 23.0. The molecule has 0 heterocycles. The van der Waals surface area contributed by atoms with Crippen LogP contribution in [0, 0.1) is 0 Å². The Bertz CT molecular complexity index is 943. The molecule has 0 fully saturated rings. The van der Waals surface area contributed by atoms with Gasteiger partial charge in [0, 0.05) is 32.0 Å². The highest BCUT2D eigenvalue weighted by molar-refractivity contribution is 14.0. The van der Waals surface area contributed by atoms with Gasteiger partial charge in [0.15, 0.2) is 15.8 Å². The molecule has 0 aliphatic heterocycles. The van der Waals surface area contributed by atoms with E-state index in [0.29, 0.717) is 29.5 Å². The minimum Gasteiger partial charge on any atom is -0.357 e. The molecule has 3 N–H and O–H groups in total. The van der Waals surface area contributed by atoms with E-state index < -0.39 is 9.84 Å². The van der Waals surface area contributed by atoms with Crippen molar-refractivity contribution in [3.63, 3.8) is 0 Å². The van der Waals surface area contributed by atoms with Crippen LogP contribution in [0.25, 0.3) is 0 Å². The Morgan fingerprint density at radius 2 is 1.57 bits per heavy atom. The zero-order valence-corrected chi connectivity index (χ0v) is 20.6. The Morgan fingerprint density at radius 1 is 0.967 bits per heavy atom. The molecule has 0 bridgehead atoms. The van der Waals surface area contributed by atoms with Crippen LogP contribution in [-0.4, -0.2) is 46.7 Å². The molecule has 0 aliphatic rings. The highest BCUT2D eigenvalue weighted by Gasteiger charge is 2.06. The third-order valence-electron chi connectivity index (χ3n) is 4.26. The fraction of sp³-hybridized carbons (Fsp3) is 0.333. The number of sulfone groups is 1. The zero-order valence-electron chi connectivity index (χ0n) is 17.4. The standard InChI is InChI=1S/C21H28N4O3S.HI/c1-4-23-21(25-15-17-5-9-18(10-6-17)20(26)22-2)24-14-13-16-7-11-19(12-8-16)29(3,27)28;/h5-12H,4,13-15H2,1-3H3,(H,22,26)(H2,23,24,25);1H.